The Bertz CT molecular complexity index is 738. The van der Waals surface area contributed by atoms with Crippen LogP contribution in [0.1, 0.15) is 29.7 Å². The van der Waals surface area contributed by atoms with E-state index >= 15 is 0 Å². The van der Waals surface area contributed by atoms with Gasteiger partial charge in [-0.25, -0.2) is 0 Å². The molecule has 0 heterocycles. The number of aliphatic hydroxyl groups excluding tert-OH is 1. The van der Waals surface area contributed by atoms with Crippen LogP contribution in [-0.4, -0.2) is 12.2 Å². The second kappa shape index (κ2) is 6.09. The van der Waals surface area contributed by atoms with E-state index in [1.165, 1.54) is 0 Å². The van der Waals surface area contributed by atoms with Crippen LogP contribution in [0.5, 0.6) is 0 Å². The molecule has 0 aromatic heterocycles. The second-order valence-electron chi connectivity index (χ2n) is 4.78. The minimum absolute atomic E-state index is 0.526. The van der Waals surface area contributed by atoms with Crippen LogP contribution >= 0.6 is 0 Å². The quantitative estimate of drug-likeness (QED) is 0.934. The summed E-state index contributed by atoms with van der Waals surface area (Å²) in [5.41, 5.74) is 3.40. The minimum atomic E-state index is -0.644. The number of aliphatic hydroxyl groups is 1. The molecule has 0 amide bonds. The van der Waals surface area contributed by atoms with E-state index in [0.29, 0.717) is 11.1 Å². The Balaban J connectivity index is 2.53. The number of anilines is 2. The lowest BCUT2D eigenvalue weighted by molar-refractivity contribution is 0.200. The van der Waals surface area contributed by atoms with Crippen LogP contribution in [0, 0.1) is 22.7 Å². The summed E-state index contributed by atoms with van der Waals surface area (Å²) >= 11 is 0. The molecule has 1 atom stereocenters. The molecular formula is C17H15N3O. The van der Waals surface area contributed by atoms with Gasteiger partial charge in [-0.05, 0) is 37.3 Å². The van der Waals surface area contributed by atoms with Crippen molar-refractivity contribution in [3.8, 4) is 12.1 Å². The lowest BCUT2D eigenvalue weighted by Crippen LogP contribution is -2.13. The topological polar surface area (TPSA) is 71.0 Å². The van der Waals surface area contributed by atoms with Gasteiger partial charge < -0.3 is 10.0 Å². The number of nitriles is 2. The maximum absolute atomic E-state index is 9.90. The Hall–Kier alpha value is -2.82. The monoisotopic (exact) mass is 277 g/mol. The highest BCUT2D eigenvalue weighted by Gasteiger charge is 2.14. The predicted octanol–water partition coefficient (Wildman–Crippen LogP) is 3.25. The average molecular weight is 277 g/mol. The third kappa shape index (κ3) is 3.02. The van der Waals surface area contributed by atoms with Gasteiger partial charge in [0.1, 0.15) is 0 Å². The van der Waals surface area contributed by atoms with Gasteiger partial charge >= 0.3 is 0 Å². The van der Waals surface area contributed by atoms with Crippen molar-refractivity contribution < 1.29 is 5.11 Å². The molecule has 4 heteroatoms. The van der Waals surface area contributed by atoms with E-state index in [1.54, 1.807) is 43.3 Å². The largest absolute Gasteiger partial charge is 0.389 e. The summed E-state index contributed by atoms with van der Waals surface area (Å²) in [6.07, 6.45) is -0.644. The van der Waals surface area contributed by atoms with Gasteiger partial charge in [-0.1, -0.05) is 12.1 Å². The predicted molar refractivity (Wildman–Crippen MR) is 81.0 cm³/mol. The number of nitrogens with zero attached hydrogens (tertiary/aromatic N) is 3. The first-order valence-electron chi connectivity index (χ1n) is 6.53. The van der Waals surface area contributed by atoms with Gasteiger partial charge in [0, 0.05) is 24.0 Å². The average Bonchev–Trinajstić information content (AvgIpc) is 2.53. The summed E-state index contributed by atoms with van der Waals surface area (Å²) in [7, 11) is 1.85. The van der Waals surface area contributed by atoms with E-state index in [9.17, 15) is 5.11 Å². The van der Waals surface area contributed by atoms with Crippen molar-refractivity contribution in [3.05, 3.63) is 59.2 Å². The first-order valence-corrected chi connectivity index (χ1v) is 6.53. The first kappa shape index (κ1) is 14.6. The zero-order valence-electron chi connectivity index (χ0n) is 11.9. The van der Waals surface area contributed by atoms with Crippen molar-refractivity contribution in [3.63, 3.8) is 0 Å². The van der Waals surface area contributed by atoms with E-state index in [4.69, 9.17) is 10.5 Å². The smallest absolute Gasteiger partial charge is 0.0992 e. The fourth-order valence-corrected chi connectivity index (χ4v) is 2.18. The molecule has 1 N–H and O–H groups in total. The van der Waals surface area contributed by atoms with Gasteiger partial charge in [0.05, 0.1) is 29.4 Å². The van der Waals surface area contributed by atoms with Crippen LogP contribution in [-0.2, 0) is 0 Å². The molecule has 0 saturated heterocycles. The van der Waals surface area contributed by atoms with Gasteiger partial charge in [0.25, 0.3) is 0 Å². The van der Waals surface area contributed by atoms with Crippen LogP contribution in [0.15, 0.2) is 42.5 Å². The molecule has 0 fully saturated rings. The molecule has 2 aromatic rings. The van der Waals surface area contributed by atoms with E-state index in [-0.39, 0.29) is 0 Å². The molecule has 2 aromatic carbocycles. The van der Waals surface area contributed by atoms with E-state index in [1.807, 2.05) is 18.0 Å². The van der Waals surface area contributed by atoms with Crippen LogP contribution in [0.25, 0.3) is 0 Å². The van der Waals surface area contributed by atoms with Crippen LogP contribution in [0.3, 0.4) is 0 Å². The molecular weight excluding hydrogens is 262 g/mol. The highest BCUT2D eigenvalue weighted by molar-refractivity contribution is 5.68. The van der Waals surface area contributed by atoms with Gasteiger partial charge in [0.2, 0.25) is 0 Å². The summed E-state index contributed by atoms with van der Waals surface area (Å²) in [6.45, 7) is 1.68. The molecule has 0 saturated carbocycles. The highest BCUT2D eigenvalue weighted by Crippen LogP contribution is 2.32. The number of benzene rings is 2. The standard InChI is InChI=1S/C17H15N3O/c1-12(21)16-7-6-14(11-19)9-17(16)20(2)15-5-3-4-13(8-15)10-18/h3-9,12,21H,1-2H3. The van der Waals surface area contributed by atoms with E-state index in [2.05, 4.69) is 12.1 Å². The van der Waals surface area contributed by atoms with Crippen molar-refractivity contribution in [2.75, 3.05) is 11.9 Å². The fraction of sp³-hybridized carbons (Fsp3) is 0.176. The SMILES string of the molecule is CC(O)c1ccc(C#N)cc1N(C)c1cccc(C#N)c1. The van der Waals surface area contributed by atoms with Gasteiger partial charge in [0.15, 0.2) is 0 Å². The molecule has 0 aliphatic heterocycles. The molecule has 0 radical (unpaired) electrons. The van der Waals surface area contributed by atoms with Crippen LogP contribution in [0.2, 0.25) is 0 Å². The Morgan fingerprint density at radius 2 is 1.71 bits per heavy atom. The van der Waals surface area contributed by atoms with Gasteiger partial charge in [-0.3, -0.25) is 0 Å². The molecule has 4 nitrogen and oxygen atoms in total. The Morgan fingerprint density at radius 1 is 1.05 bits per heavy atom. The van der Waals surface area contributed by atoms with Crippen LogP contribution < -0.4 is 4.90 Å². The van der Waals surface area contributed by atoms with Crippen molar-refractivity contribution in [1.29, 1.82) is 10.5 Å². The van der Waals surface area contributed by atoms with Crippen molar-refractivity contribution in [2.45, 2.75) is 13.0 Å². The zero-order chi connectivity index (χ0) is 15.4. The number of rotatable bonds is 3. The van der Waals surface area contributed by atoms with Gasteiger partial charge in [-0.15, -0.1) is 0 Å². The zero-order valence-corrected chi connectivity index (χ0v) is 11.9. The summed E-state index contributed by atoms with van der Waals surface area (Å²) in [4.78, 5) is 1.86. The van der Waals surface area contributed by atoms with Crippen molar-refractivity contribution in [2.24, 2.45) is 0 Å². The normalized spacial score (nSPS) is 11.3. The van der Waals surface area contributed by atoms with Crippen molar-refractivity contribution >= 4 is 11.4 Å². The first-order chi connectivity index (χ1) is 10.1. The summed E-state index contributed by atoms with van der Waals surface area (Å²) < 4.78 is 0. The Labute approximate surface area is 124 Å². The van der Waals surface area contributed by atoms with Gasteiger partial charge in [-0.2, -0.15) is 10.5 Å². The third-order valence-electron chi connectivity index (χ3n) is 3.33. The summed E-state index contributed by atoms with van der Waals surface area (Å²) in [5, 5.41) is 27.9. The van der Waals surface area contributed by atoms with Crippen molar-refractivity contribution in [1.82, 2.24) is 0 Å². The highest BCUT2D eigenvalue weighted by atomic mass is 16.3. The maximum atomic E-state index is 9.90. The lowest BCUT2D eigenvalue weighted by atomic mass is 10.0. The fourth-order valence-electron chi connectivity index (χ4n) is 2.18. The lowest BCUT2D eigenvalue weighted by Gasteiger charge is -2.24. The maximum Gasteiger partial charge on any atom is 0.0992 e. The summed E-state index contributed by atoms with van der Waals surface area (Å²) in [5.74, 6) is 0. The molecule has 0 bridgehead atoms. The number of hydrogen-bond donors (Lipinski definition) is 1. The molecule has 0 spiro atoms. The third-order valence-corrected chi connectivity index (χ3v) is 3.33. The molecule has 1 unspecified atom stereocenters. The van der Waals surface area contributed by atoms with E-state index in [0.717, 1.165) is 16.9 Å². The Morgan fingerprint density at radius 3 is 2.33 bits per heavy atom. The Kier molecular flexibility index (Phi) is 4.23. The second-order valence-corrected chi connectivity index (χ2v) is 4.78. The molecule has 0 aliphatic carbocycles. The molecule has 104 valence electrons. The van der Waals surface area contributed by atoms with Crippen LogP contribution in [0.4, 0.5) is 11.4 Å². The molecule has 2 rings (SSSR count). The summed E-state index contributed by atoms with van der Waals surface area (Å²) in [6, 6.07) is 16.6. The van der Waals surface area contributed by atoms with E-state index < -0.39 is 6.10 Å². The molecule has 21 heavy (non-hydrogen) atoms. The minimum Gasteiger partial charge on any atom is -0.389 e. The molecule has 0 aliphatic rings. The number of hydrogen-bond acceptors (Lipinski definition) is 4.